The van der Waals surface area contributed by atoms with Crippen LogP contribution in [0, 0.1) is 0 Å². The number of carbonyl (C=O) groups excluding carboxylic acids is 1. The van der Waals surface area contributed by atoms with Gasteiger partial charge in [-0.2, -0.15) is 11.8 Å². The number of β-amino-alcohol motifs (C(OH)–C–C–N with tert-alkyl or cyclic N) is 1. The number of carboxylic acids is 1. The molecule has 2 saturated heterocycles. The summed E-state index contributed by atoms with van der Waals surface area (Å²) < 4.78 is 0. The van der Waals surface area contributed by atoms with E-state index in [4.69, 9.17) is 5.11 Å². The van der Waals surface area contributed by atoms with E-state index in [0.717, 1.165) is 0 Å². The summed E-state index contributed by atoms with van der Waals surface area (Å²) in [5.41, 5.74) is 0. The fourth-order valence-corrected chi connectivity index (χ4v) is 4.10. The van der Waals surface area contributed by atoms with Gasteiger partial charge in [0.25, 0.3) is 0 Å². The molecule has 2 aliphatic rings. The minimum absolute atomic E-state index is 0.113. The van der Waals surface area contributed by atoms with Crippen molar-refractivity contribution in [1.82, 2.24) is 9.80 Å². The number of carboxylic acid groups (broad SMARTS) is 1. The largest absolute Gasteiger partial charge is 0.480 e. The monoisotopic (exact) mass is 288 g/mol. The van der Waals surface area contributed by atoms with Gasteiger partial charge in [-0.05, 0) is 0 Å². The molecule has 0 spiro atoms. The predicted octanol–water partition coefficient (Wildman–Crippen LogP) is 0.452. The van der Waals surface area contributed by atoms with E-state index in [-0.39, 0.29) is 19.0 Å². The SMILES string of the molecule is CC1CN(C(=O)N2CC(O)CC2C(=O)O)CC(C)S1. The van der Waals surface area contributed by atoms with Gasteiger partial charge < -0.3 is 20.0 Å². The minimum atomic E-state index is -1.04. The molecule has 0 bridgehead atoms. The fraction of sp³-hybridized carbons (Fsp3) is 0.833. The number of thioether (sulfide) groups is 1. The standard InChI is InChI=1S/C12H20N2O4S/c1-7-4-13(5-8(2)19-7)12(18)14-6-9(15)3-10(14)11(16)17/h7-10,15H,3-6H2,1-2H3,(H,16,17). The number of hydrogen-bond acceptors (Lipinski definition) is 4. The lowest BCUT2D eigenvalue weighted by molar-refractivity contribution is -0.141. The van der Waals surface area contributed by atoms with Crippen LogP contribution in [0.1, 0.15) is 20.3 Å². The molecule has 0 saturated carbocycles. The van der Waals surface area contributed by atoms with Gasteiger partial charge in [-0.25, -0.2) is 9.59 Å². The van der Waals surface area contributed by atoms with Gasteiger partial charge in [0.15, 0.2) is 0 Å². The highest BCUT2D eigenvalue weighted by atomic mass is 32.2. The highest BCUT2D eigenvalue weighted by molar-refractivity contribution is 8.00. The van der Waals surface area contributed by atoms with Crippen molar-refractivity contribution in [2.24, 2.45) is 0 Å². The van der Waals surface area contributed by atoms with Crippen LogP contribution in [-0.2, 0) is 4.79 Å². The molecule has 0 radical (unpaired) electrons. The number of carbonyl (C=O) groups is 2. The summed E-state index contributed by atoms with van der Waals surface area (Å²) >= 11 is 1.83. The summed E-state index contributed by atoms with van der Waals surface area (Å²) in [4.78, 5) is 26.6. The zero-order chi connectivity index (χ0) is 14.2. The third kappa shape index (κ3) is 3.14. The van der Waals surface area contributed by atoms with Gasteiger partial charge >= 0.3 is 12.0 Å². The first-order valence-electron chi connectivity index (χ1n) is 6.50. The molecule has 2 heterocycles. The molecule has 4 unspecified atom stereocenters. The molecule has 6 nitrogen and oxygen atoms in total. The van der Waals surface area contributed by atoms with E-state index < -0.39 is 18.1 Å². The summed E-state index contributed by atoms with van der Waals surface area (Å²) in [6, 6.07) is -1.16. The molecule has 2 rings (SSSR count). The van der Waals surface area contributed by atoms with E-state index in [1.54, 1.807) is 4.90 Å². The summed E-state index contributed by atoms with van der Waals surface area (Å²) in [5.74, 6) is -1.04. The van der Waals surface area contributed by atoms with Gasteiger partial charge in [-0.3, -0.25) is 0 Å². The predicted molar refractivity (Wildman–Crippen MR) is 72.2 cm³/mol. The molecule has 0 aromatic carbocycles. The van der Waals surface area contributed by atoms with Crippen molar-refractivity contribution in [3.05, 3.63) is 0 Å². The van der Waals surface area contributed by atoms with Crippen LogP contribution >= 0.6 is 11.8 Å². The lowest BCUT2D eigenvalue weighted by atomic mass is 10.2. The Morgan fingerprint density at radius 1 is 1.16 bits per heavy atom. The molecule has 2 N–H and O–H groups in total. The number of aliphatic carboxylic acids is 1. The van der Waals surface area contributed by atoms with Crippen LogP contribution in [0.15, 0.2) is 0 Å². The normalized spacial score (nSPS) is 35.5. The zero-order valence-corrected chi connectivity index (χ0v) is 12.0. The van der Waals surface area contributed by atoms with Gasteiger partial charge in [-0.15, -0.1) is 0 Å². The molecule has 2 aliphatic heterocycles. The first kappa shape index (κ1) is 14.5. The topological polar surface area (TPSA) is 81.1 Å². The average molecular weight is 288 g/mol. The van der Waals surface area contributed by atoms with Gasteiger partial charge in [0.05, 0.1) is 6.10 Å². The molecule has 7 heteroatoms. The number of likely N-dealkylation sites (tertiary alicyclic amines) is 1. The summed E-state index contributed by atoms with van der Waals surface area (Å²) in [7, 11) is 0. The fourth-order valence-electron chi connectivity index (χ4n) is 2.78. The maximum absolute atomic E-state index is 12.4. The number of amides is 2. The van der Waals surface area contributed by atoms with Gasteiger partial charge in [-0.1, -0.05) is 13.8 Å². The smallest absolute Gasteiger partial charge is 0.326 e. The van der Waals surface area contributed by atoms with E-state index in [2.05, 4.69) is 13.8 Å². The van der Waals surface area contributed by atoms with Crippen molar-refractivity contribution in [2.45, 2.75) is 42.9 Å². The van der Waals surface area contributed by atoms with E-state index >= 15 is 0 Å². The number of rotatable bonds is 1. The van der Waals surface area contributed by atoms with Gasteiger partial charge in [0, 0.05) is 36.6 Å². The third-order valence-electron chi connectivity index (χ3n) is 3.50. The maximum Gasteiger partial charge on any atom is 0.326 e. The zero-order valence-electron chi connectivity index (χ0n) is 11.2. The van der Waals surface area contributed by atoms with Crippen molar-refractivity contribution < 1.29 is 19.8 Å². The van der Waals surface area contributed by atoms with Crippen molar-refractivity contribution in [1.29, 1.82) is 0 Å². The van der Waals surface area contributed by atoms with Crippen molar-refractivity contribution in [3.8, 4) is 0 Å². The summed E-state index contributed by atoms with van der Waals surface area (Å²) in [6.07, 6.45) is -0.617. The van der Waals surface area contributed by atoms with Crippen LogP contribution in [0.2, 0.25) is 0 Å². The molecular formula is C12H20N2O4S. The average Bonchev–Trinajstić information content (AvgIpc) is 2.69. The molecule has 4 atom stereocenters. The Labute approximate surface area is 116 Å². The first-order valence-corrected chi connectivity index (χ1v) is 7.44. The Balaban J connectivity index is 2.07. The van der Waals surface area contributed by atoms with Gasteiger partial charge in [0.1, 0.15) is 6.04 Å². The van der Waals surface area contributed by atoms with Crippen LogP contribution in [0.25, 0.3) is 0 Å². The number of hydrogen-bond donors (Lipinski definition) is 2. The van der Waals surface area contributed by atoms with E-state index in [0.29, 0.717) is 23.6 Å². The van der Waals surface area contributed by atoms with Crippen LogP contribution in [0.3, 0.4) is 0 Å². The second-order valence-electron chi connectivity index (χ2n) is 5.34. The molecule has 0 aliphatic carbocycles. The van der Waals surface area contributed by atoms with Crippen molar-refractivity contribution in [2.75, 3.05) is 19.6 Å². The Hall–Kier alpha value is -0.950. The molecular weight excluding hydrogens is 268 g/mol. The third-order valence-corrected chi connectivity index (χ3v) is 4.73. The quantitative estimate of drug-likeness (QED) is 0.732. The number of urea groups is 1. The van der Waals surface area contributed by atoms with Crippen molar-refractivity contribution >= 4 is 23.8 Å². The van der Waals surface area contributed by atoms with Crippen LogP contribution in [-0.4, -0.2) is 74.3 Å². The minimum Gasteiger partial charge on any atom is -0.480 e. The van der Waals surface area contributed by atoms with Crippen LogP contribution in [0.5, 0.6) is 0 Å². The van der Waals surface area contributed by atoms with E-state index in [9.17, 15) is 14.7 Å². The van der Waals surface area contributed by atoms with Crippen LogP contribution < -0.4 is 0 Å². The summed E-state index contributed by atoms with van der Waals surface area (Å²) in [5, 5.41) is 19.4. The Morgan fingerprint density at radius 3 is 2.26 bits per heavy atom. The molecule has 0 aromatic heterocycles. The van der Waals surface area contributed by atoms with E-state index in [1.165, 1.54) is 4.90 Å². The molecule has 108 valence electrons. The first-order chi connectivity index (χ1) is 8.88. The van der Waals surface area contributed by atoms with Crippen LogP contribution in [0.4, 0.5) is 4.79 Å². The Bertz CT molecular complexity index is 369. The number of aliphatic hydroxyl groups excluding tert-OH is 1. The Morgan fingerprint density at radius 2 is 1.74 bits per heavy atom. The molecule has 19 heavy (non-hydrogen) atoms. The lowest BCUT2D eigenvalue weighted by Gasteiger charge is -2.37. The number of nitrogens with zero attached hydrogens (tertiary/aromatic N) is 2. The maximum atomic E-state index is 12.4. The lowest BCUT2D eigenvalue weighted by Crippen LogP contribution is -2.52. The highest BCUT2D eigenvalue weighted by Crippen LogP contribution is 2.27. The molecule has 2 fully saturated rings. The van der Waals surface area contributed by atoms with E-state index in [1.807, 2.05) is 11.8 Å². The number of aliphatic hydroxyl groups is 1. The Kier molecular flexibility index (Phi) is 4.25. The van der Waals surface area contributed by atoms with Crippen molar-refractivity contribution in [3.63, 3.8) is 0 Å². The molecule has 2 amide bonds. The van der Waals surface area contributed by atoms with Gasteiger partial charge in [0.2, 0.25) is 0 Å². The molecule has 0 aromatic rings. The second-order valence-corrected chi connectivity index (χ2v) is 7.22. The summed E-state index contributed by atoms with van der Waals surface area (Å²) in [6.45, 7) is 5.50. The highest BCUT2D eigenvalue weighted by Gasteiger charge is 2.41. The second kappa shape index (κ2) is 5.58.